The Morgan fingerprint density at radius 1 is 1.31 bits per heavy atom. The molecular weight excluding hydrogens is 388 g/mol. The highest BCUT2D eigenvalue weighted by atomic mass is 32.1. The van der Waals surface area contributed by atoms with Crippen molar-refractivity contribution in [2.75, 3.05) is 40.5 Å². The second kappa shape index (κ2) is 9.15. The highest BCUT2D eigenvalue weighted by molar-refractivity contribution is 7.10. The molecule has 2 atom stereocenters. The average molecular weight is 417 g/mol. The van der Waals surface area contributed by atoms with Gasteiger partial charge in [0.05, 0.1) is 32.9 Å². The number of carbonyl (C=O) groups excluding carboxylic acids is 1. The number of nitrogens with one attached hydrogen (secondary N) is 1. The summed E-state index contributed by atoms with van der Waals surface area (Å²) in [7, 11) is 3.32. The second-order valence-electron chi connectivity index (χ2n) is 7.48. The molecule has 2 aromatic rings. The lowest BCUT2D eigenvalue weighted by Gasteiger charge is -2.37. The Morgan fingerprint density at radius 2 is 2.14 bits per heavy atom. The van der Waals surface area contributed by atoms with Crippen molar-refractivity contribution in [2.45, 2.75) is 31.4 Å². The number of thiophene rings is 1. The van der Waals surface area contributed by atoms with Gasteiger partial charge in [-0.3, -0.25) is 9.69 Å². The van der Waals surface area contributed by atoms with Gasteiger partial charge in [-0.05, 0) is 54.0 Å². The maximum atomic E-state index is 12.7. The first-order valence-electron chi connectivity index (χ1n) is 10.1. The number of benzene rings is 1. The Hall–Kier alpha value is -2.09. The van der Waals surface area contributed by atoms with Crippen LogP contribution >= 0.6 is 11.3 Å². The summed E-state index contributed by atoms with van der Waals surface area (Å²) < 4.78 is 16.6. The summed E-state index contributed by atoms with van der Waals surface area (Å²) in [6.07, 6.45) is 3.13. The Morgan fingerprint density at radius 3 is 2.83 bits per heavy atom. The minimum absolute atomic E-state index is 0.0343. The van der Waals surface area contributed by atoms with Crippen molar-refractivity contribution in [2.24, 2.45) is 0 Å². The van der Waals surface area contributed by atoms with Gasteiger partial charge in [0, 0.05) is 24.6 Å². The average Bonchev–Trinajstić information content (AvgIpc) is 3.45. The lowest BCUT2D eigenvalue weighted by Crippen LogP contribution is -2.44. The molecular formula is C22H28N2O4S. The molecule has 1 saturated heterocycles. The van der Waals surface area contributed by atoms with Crippen LogP contribution < -0.4 is 14.8 Å². The molecule has 2 aliphatic heterocycles. The number of hydrogen-bond acceptors (Lipinski definition) is 6. The highest BCUT2D eigenvalue weighted by Crippen LogP contribution is 2.42. The number of fused-ring (bicyclic) bond motifs is 1. The molecule has 0 radical (unpaired) electrons. The Balaban J connectivity index is 1.55. The van der Waals surface area contributed by atoms with E-state index in [0.29, 0.717) is 13.1 Å². The van der Waals surface area contributed by atoms with E-state index in [2.05, 4.69) is 39.9 Å². The Bertz CT molecular complexity index is 834. The van der Waals surface area contributed by atoms with Gasteiger partial charge < -0.3 is 19.5 Å². The van der Waals surface area contributed by atoms with E-state index in [9.17, 15) is 4.79 Å². The van der Waals surface area contributed by atoms with Crippen molar-refractivity contribution in [3.63, 3.8) is 0 Å². The molecule has 1 aromatic heterocycles. The summed E-state index contributed by atoms with van der Waals surface area (Å²) in [6.45, 7) is 2.58. The van der Waals surface area contributed by atoms with Crippen LogP contribution in [-0.4, -0.2) is 57.4 Å². The van der Waals surface area contributed by atoms with Crippen LogP contribution in [0.15, 0.2) is 29.6 Å². The largest absolute Gasteiger partial charge is 0.493 e. The maximum absolute atomic E-state index is 12.7. The lowest BCUT2D eigenvalue weighted by atomic mass is 9.91. The number of methoxy groups -OCH3 is 2. The Labute approximate surface area is 175 Å². The fourth-order valence-electron chi connectivity index (χ4n) is 4.22. The van der Waals surface area contributed by atoms with Crippen LogP contribution in [-0.2, 0) is 16.0 Å². The zero-order valence-electron chi connectivity index (χ0n) is 17.0. The molecule has 7 heteroatoms. The molecule has 1 N–H and O–H groups in total. The van der Waals surface area contributed by atoms with E-state index in [-0.39, 0.29) is 18.1 Å². The fraction of sp³-hybridized carbons (Fsp3) is 0.500. The van der Waals surface area contributed by atoms with Crippen LogP contribution in [0.25, 0.3) is 0 Å². The molecule has 2 aliphatic rings. The predicted molar refractivity (Wildman–Crippen MR) is 113 cm³/mol. The minimum atomic E-state index is 0.0343. The van der Waals surface area contributed by atoms with Crippen molar-refractivity contribution in [3.05, 3.63) is 45.6 Å². The number of amides is 1. The highest BCUT2D eigenvalue weighted by Gasteiger charge is 2.32. The molecule has 3 heterocycles. The van der Waals surface area contributed by atoms with Crippen LogP contribution in [0.3, 0.4) is 0 Å². The third-order valence-electron chi connectivity index (χ3n) is 5.68. The fourth-order valence-corrected chi connectivity index (χ4v) is 5.10. The predicted octanol–water partition coefficient (Wildman–Crippen LogP) is 3.01. The summed E-state index contributed by atoms with van der Waals surface area (Å²) >= 11 is 1.72. The van der Waals surface area contributed by atoms with Gasteiger partial charge in [0.2, 0.25) is 5.91 Å². The molecule has 1 fully saturated rings. The Kier molecular flexibility index (Phi) is 6.37. The van der Waals surface area contributed by atoms with Crippen molar-refractivity contribution < 1.29 is 19.0 Å². The first kappa shape index (κ1) is 20.2. The second-order valence-corrected chi connectivity index (χ2v) is 8.46. The van der Waals surface area contributed by atoms with Gasteiger partial charge in [-0.15, -0.1) is 11.3 Å². The van der Waals surface area contributed by atoms with Gasteiger partial charge >= 0.3 is 0 Å². The van der Waals surface area contributed by atoms with E-state index in [1.807, 2.05) is 0 Å². The van der Waals surface area contributed by atoms with Gasteiger partial charge in [0.25, 0.3) is 0 Å². The molecule has 156 valence electrons. The molecule has 0 saturated carbocycles. The van der Waals surface area contributed by atoms with Gasteiger partial charge in [0.1, 0.15) is 0 Å². The zero-order valence-corrected chi connectivity index (χ0v) is 17.8. The molecule has 0 aliphatic carbocycles. The summed E-state index contributed by atoms with van der Waals surface area (Å²) in [6, 6.07) is 8.37. The van der Waals surface area contributed by atoms with Crippen LogP contribution in [0.1, 0.15) is 34.9 Å². The van der Waals surface area contributed by atoms with Crippen molar-refractivity contribution in [1.82, 2.24) is 10.2 Å². The van der Waals surface area contributed by atoms with E-state index in [4.69, 9.17) is 14.2 Å². The first-order valence-corrected chi connectivity index (χ1v) is 11.0. The number of ether oxygens (including phenoxy) is 3. The summed E-state index contributed by atoms with van der Waals surface area (Å²) in [5.41, 5.74) is 2.43. The molecule has 4 rings (SSSR count). The van der Waals surface area contributed by atoms with Crippen molar-refractivity contribution in [1.29, 1.82) is 0 Å². The van der Waals surface area contributed by atoms with Gasteiger partial charge in [0.15, 0.2) is 11.5 Å². The topological polar surface area (TPSA) is 60.0 Å². The molecule has 0 spiro atoms. The van der Waals surface area contributed by atoms with E-state index < -0.39 is 0 Å². The van der Waals surface area contributed by atoms with Crippen LogP contribution in [0.2, 0.25) is 0 Å². The number of nitrogens with zero attached hydrogens (tertiary/aromatic N) is 1. The molecule has 2 unspecified atom stereocenters. The normalized spacial score (nSPS) is 21.6. The molecule has 6 nitrogen and oxygen atoms in total. The lowest BCUT2D eigenvalue weighted by molar-refractivity contribution is -0.123. The third-order valence-corrected chi connectivity index (χ3v) is 6.61. The van der Waals surface area contributed by atoms with E-state index >= 15 is 0 Å². The van der Waals surface area contributed by atoms with Gasteiger partial charge in [-0.25, -0.2) is 0 Å². The van der Waals surface area contributed by atoms with Crippen LogP contribution in [0, 0.1) is 0 Å². The van der Waals surface area contributed by atoms with Crippen molar-refractivity contribution in [3.8, 4) is 11.5 Å². The summed E-state index contributed by atoms with van der Waals surface area (Å²) in [5, 5.41) is 5.14. The van der Waals surface area contributed by atoms with Gasteiger partial charge in [-0.2, -0.15) is 0 Å². The standard InChI is InChI=1S/C22H28N2O4S/c1-26-18-11-15-7-8-24(14-21(25)23-13-16-5-3-9-28-16)22(20-6-4-10-29-20)17(15)12-19(18)27-2/h4,6,10-12,16,22H,3,5,7-9,13-14H2,1-2H3,(H,23,25). The van der Waals surface area contributed by atoms with Crippen LogP contribution in [0.5, 0.6) is 11.5 Å². The number of rotatable bonds is 7. The smallest absolute Gasteiger partial charge is 0.234 e. The van der Waals surface area contributed by atoms with E-state index in [0.717, 1.165) is 43.9 Å². The SMILES string of the molecule is COc1cc2c(cc1OC)C(c1cccs1)N(CC(=O)NCC1CCCO1)CC2. The maximum Gasteiger partial charge on any atom is 0.234 e. The minimum Gasteiger partial charge on any atom is -0.493 e. The first-order chi connectivity index (χ1) is 14.2. The molecule has 1 amide bonds. The van der Waals surface area contributed by atoms with E-state index in [1.54, 1.807) is 25.6 Å². The van der Waals surface area contributed by atoms with Gasteiger partial charge in [-0.1, -0.05) is 6.07 Å². The van der Waals surface area contributed by atoms with Crippen molar-refractivity contribution >= 4 is 17.2 Å². The number of carbonyl (C=O) groups is 1. The van der Waals surface area contributed by atoms with Crippen LogP contribution in [0.4, 0.5) is 0 Å². The molecule has 29 heavy (non-hydrogen) atoms. The monoisotopic (exact) mass is 416 g/mol. The summed E-state index contributed by atoms with van der Waals surface area (Å²) in [5.74, 6) is 1.52. The van der Waals surface area contributed by atoms with E-state index in [1.165, 1.54) is 16.0 Å². The number of hydrogen-bond donors (Lipinski definition) is 1. The zero-order chi connectivity index (χ0) is 20.2. The summed E-state index contributed by atoms with van der Waals surface area (Å²) in [4.78, 5) is 16.2. The third kappa shape index (κ3) is 4.42. The quantitative estimate of drug-likeness (QED) is 0.752. The molecule has 0 bridgehead atoms. The molecule has 1 aromatic carbocycles.